The molecule has 0 saturated carbocycles. The Morgan fingerprint density at radius 1 is 1.36 bits per heavy atom. The Morgan fingerprint density at radius 3 is 3.00 bits per heavy atom. The maximum Gasteiger partial charge on any atom is 0.106 e. The fourth-order valence-corrected chi connectivity index (χ4v) is 2.54. The Bertz CT molecular complexity index is 383. The number of fused-ring (bicyclic) bond motifs is 1. The van der Waals surface area contributed by atoms with Gasteiger partial charge in [-0.25, -0.2) is 4.98 Å². The number of aromatic nitrogens is 1. The zero-order valence-electron chi connectivity index (χ0n) is 7.70. The molecule has 0 aromatic carbocycles. The second-order valence-corrected chi connectivity index (χ2v) is 4.73. The highest BCUT2D eigenvalue weighted by molar-refractivity contribution is 9.10. The predicted octanol–water partition coefficient (Wildman–Crippen LogP) is 2.08. The van der Waals surface area contributed by atoms with Gasteiger partial charge in [-0.3, -0.25) is 0 Å². The highest BCUT2D eigenvalue weighted by Crippen LogP contribution is 2.42. The average Bonchev–Trinajstić information content (AvgIpc) is 2.52. The van der Waals surface area contributed by atoms with Crippen LogP contribution < -0.4 is 5.32 Å². The molecule has 2 atom stereocenters. The second kappa shape index (κ2) is 3.17. The first-order valence-corrected chi connectivity index (χ1v) is 5.68. The van der Waals surface area contributed by atoms with E-state index in [1.807, 2.05) is 12.3 Å². The SMILES string of the molecule is Brc1ccc(C2=C[C@H]3CNC[C@@H]23)cn1. The molecule has 1 aliphatic carbocycles. The Kier molecular flexibility index (Phi) is 1.96. The van der Waals surface area contributed by atoms with Crippen LogP contribution in [0.2, 0.25) is 0 Å². The van der Waals surface area contributed by atoms with Crippen molar-refractivity contribution in [2.24, 2.45) is 11.8 Å². The van der Waals surface area contributed by atoms with Crippen LogP contribution in [0.1, 0.15) is 5.56 Å². The van der Waals surface area contributed by atoms with Gasteiger partial charge in [0.05, 0.1) is 0 Å². The molecule has 1 saturated heterocycles. The van der Waals surface area contributed by atoms with E-state index in [2.05, 4.69) is 38.4 Å². The Balaban J connectivity index is 1.90. The molecule has 1 fully saturated rings. The predicted molar refractivity (Wildman–Crippen MR) is 59.8 cm³/mol. The lowest BCUT2D eigenvalue weighted by Gasteiger charge is -2.29. The van der Waals surface area contributed by atoms with Crippen LogP contribution in [0.15, 0.2) is 29.0 Å². The van der Waals surface area contributed by atoms with Crippen molar-refractivity contribution in [3.05, 3.63) is 34.6 Å². The van der Waals surface area contributed by atoms with Gasteiger partial charge in [0.1, 0.15) is 4.60 Å². The van der Waals surface area contributed by atoms with Crippen LogP contribution in [0.3, 0.4) is 0 Å². The topological polar surface area (TPSA) is 24.9 Å². The summed E-state index contributed by atoms with van der Waals surface area (Å²) in [5, 5.41) is 3.41. The number of halogens is 1. The lowest BCUT2D eigenvalue weighted by atomic mass is 9.74. The molecule has 0 radical (unpaired) electrons. The quantitative estimate of drug-likeness (QED) is 0.773. The van der Waals surface area contributed by atoms with E-state index in [0.29, 0.717) is 0 Å². The molecule has 3 heteroatoms. The Hall–Kier alpha value is -0.670. The summed E-state index contributed by atoms with van der Waals surface area (Å²) in [6, 6.07) is 4.14. The van der Waals surface area contributed by atoms with E-state index in [-0.39, 0.29) is 0 Å². The van der Waals surface area contributed by atoms with Gasteiger partial charge < -0.3 is 5.32 Å². The minimum Gasteiger partial charge on any atom is -0.315 e. The van der Waals surface area contributed by atoms with E-state index in [9.17, 15) is 0 Å². The van der Waals surface area contributed by atoms with Crippen LogP contribution >= 0.6 is 15.9 Å². The monoisotopic (exact) mass is 250 g/mol. The van der Waals surface area contributed by atoms with E-state index in [0.717, 1.165) is 29.5 Å². The molecule has 3 rings (SSSR count). The van der Waals surface area contributed by atoms with E-state index >= 15 is 0 Å². The summed E-state index contributed by atoms with van der Waals surface area (Å²) in [4.78, 5) is 4.25. The van der Waals surface area contributed by atoms with E-state index in [1.165, 1.54) is 11.1 Å². The molecule has 2 heterocycles. The maximum absolute atomic E-state index is 4.25. The van der Waals surface area contributed by atoms with Crippen molar-refractivity contribution in [2.75, 3.05) is 13.1 Å². The standard InChI is InChI=1S/C11H11BrN2/c12-11-2-1-7(5-14-11)9-3-8-4-13-6-10(8)9/h1-3,5,8,10,13H,4,6H2/t8-,10+/m0/s1. The number of rotatable bonds is 1. The fourth-order valence-electron chi connectivity index (χ4n) is 2.31. The summed E-state index contributed by atoms with van der Waals surface area (Å²) in [6.45, 7) is 2.28. The Labute approximate surface area is 91.6 Å². The molecule has 1 aromatic rings. The molecule has 72 valence electrons. The van der Waals surface area contributed by atoms with Crippen molar-refractivity contribution < 1.29 is 0 Å². The lowest BCUT2D eigenvalue weighted by Crippen LogP contribution is -2.21. The summed E-state index contributed by atoms with van der Waals surface area (Å²) >= 11 is 3.35. The highest BCUT2D eigenvalue weighted by Gasteiger charge is 2.36. The molecule has 0 spiro atoms. The molecule has 2 aliphatic rings. The van der Waals surface area contributed by atoms with Crippen molar-refractivity contribution in [3.8, 4) is 0 Å². The van der Waals surface area contributed by atoms with Crippen LogP contribution in [0, 0.1) is 11.8 Å². The minimum absolute atomic E-state index is 0.734. The van der Waals surface area contributed by atoms with Gasteiger partial charge in [-0.2, -0.15) is 0 Å². The number of pyridine rings is 1. The van der Waals surface area contributed by atoms with Crippen LogP contribution in [-0.4, -0.2) is 18.1 Å². The third-order valence-electron chi connectivity index (χ3n) is 3.11. The molecular formula is C11H11BrN2. The number of nitrogens with zero attached hydrogens (tertiary/aromatic N) is 1. The number of hydrogen-bond donors (Lipinski definition) is 1. The van der Waals surface area contributed by atoms with Gasteiger partial charge in [0.2, 0.25) is 0 Å². The molecule has 1 aliphatic heterocycles. The van der Waals surface area contributed by atoms with Crippen molar-refractivity contribution in [2.45, 2.75) is 0 Å². The number of hydrogen-bond acceptors (Lipinski definition) is 2. The number of nitrogens with one attached hydrogen (secondary N) is 1. The van der Waals surface area contributed by atoms with Crippen molar-refractivity contribution in [1.82, 2.24) is 10.3 Å². The molecular weight excluding hydrogens is 240 g/mol. The molecule has 14 heavy (non-hydrogen) atoms. The van der Waals surface area contributed by atoms with Crippen LogP contribution in [0.25, 0.3) is 5.57 Å². The Morgan fingerprint density at radius 2 is 2.29 bits per heavy atom. The summed E-state index contributed by atoms with van der Waals surface area (Å²) in [5.41, 5.74) is 2.75. The zero-order valence-corrected chi connectivity index (χ0v) is 9.29. The summed E-state index contributed by atoms with van der Waals surface area (Å²) in [5.74, 6) is 1.51. The van der Waals surface area contributed by atoms with Crippen molar-refractivity contribution >= 4 is 21.5 Å². The van der Waals surface area contributed by atoms with E-state index < -0.39 is 0 Å². The molecule has 2 nitrogen and oxygen atoms in total. The molecule has 0 bridgehead atoms. The van der Waals surface area contributed by atoms with Crippen LogP contribution in [0.4, 0.5) is 0 Å². The summed E-state index contributed by atoms with van der Waals surface area (Å²) in [6.07, 6.45) is 4.32. The maximum atomic E-state index is 4.25. The van der Waals surface area contributed by atoms with Gasteiger partial charge in [0.15, 0.2) is 0 Å². The fraction of sp³-hybridized carbons (Fsp3) is 0.364. The first-order valence-electron chi connectivity index (χ1n) is 4.89. The zero-order chi connectivity index (χ0) is 9.54. The van der Waals surface area contributed by atoms with Gasteiger partial charge in [0, 0.05) is 25.2 Å². The van der Waals surface area contributed by atoms with Crippen molar-refractivity contribution in [1.29, 1.82) is 0 Å². The first kappa shape index (κ1) is 8.62. The third-order valence-corrected chi connectivity index (χ3v) is 3.58. The smallest absolute Gasteiger partial charge is 0.106 e. The van der Waals surface area contributed by atoms with Crippen LogP contribution in [-0.2, 0) is 0 Å². The molecule has 1 N–H and O–H groups in total. The average molecular weight is 251 g/mol. The van der Waals surface area contributed by atoms with Gasteiger partial charge >= 0.3 is 0 Å². The minimum atomic E-state index is 0.734. The van der Waals surface area contributed by atoms with Crippen LogP contribution in [0.5, 0.6) is 0 Å². The molecule has 0 amide bonds. The van der Waals surface area contributed by atoms with Gasteiger partial charge in [0.25, 0.3) is 0 Å². The van der Waals surface area contributed by atoms with Gasteiger partial charge in [-0.05, 0) is 39.1 Å². The molecule has 0 unspecified atom stereocenters. The lowest BCUT2D eigenvalue weighted by molar-refractivity contribution is 0.564. The van der Waals surface area contributed by atoms with E-state index in [4.69, 9.17) is 0 Å². The van der Waals surface area contributed by atoms with Gasteiger partial charge in [-0.15, -0.1) is 0 Å². The van der Waals surface area contributed by atoms with Gasteiger partial charge in [-0.1, -0.05) is 12.1 Å². The summed E-state index contributed by atoms with van der Waals surface area (Å²) in [7, 11) is 0. The highest BCUT2D eigenvalue weighted by atomic mass is 79.9. The summed E-state index contributed by atoms with van der Waals surface area (Å²) < 4.78 is 0.905. The largest absolute Gasteiger partial charge is 0.315 e. The second-order valence-electron chi connectivity index (χ2n) is 3.92. The first-order chi connectivity index (χ1) is 6.84. The van der Waals surface area contributed by atoms with Crippen molar-refractivity contribution in [3.63, 3.8) is 0 Å². The normalized spacial score (nSPS) is 29.4. The molecule has 1 aromatic heterocycles. The third kappa shape index (κ3) is 1.23. The van der Waals surface area contributed by atoms with E-state index in [1.54, 1.807) is 0 Å².